The summed E-state index contributed by atoms with van der Waals surface area (Å²) in [6.07, 6.45) is 8.20. The average molecular weight is 549 g/mol. The average Bonchev–Trinajstić information content (AvgIpc) is 3.03. The van der Waals surface area contributed by atoms with Crippen molar-refractivity contribution in [2.75, 3.05) is 33.2 Å². The molecule has 0 spiro atoms. The van der Waals surface area contributed by atoms with Gasteiger partial charge in [-0.25, -0.2) is 9.97 Å². The largest absolute Gasteiger partial charge is 0.493 e. The fraction of sp³-hybridized carbons (Fsp3) is 0.182. The fourth-order valence-electron chi connectivity index (χ4n) is 4.45. The first-order valence-electron chi connectivity index (χ1n) is 13.3. The summed E-state index contributed by atoms with van der Waals surface area (Å²) in [6.45, 7) is 1.13. The number of ether oxygens (including phenoxy) is 4. The predicted molar refractivity (Wildman–Crippen MR) is 162 cm³/mol. The Morgan fingerprint density at radius 1 is 0.732 bits per heavy atom. The maximum atomic E-state index is 6.08. The van der Waals surface area contributed by atoms with E-state index in [1.165, 1.54) is 5.56 Å². The zero-order valence-corrected chi connectivity index (χ0v) is 23.3. The summed E-state index contributed by atoms with van der Waals surface area (Å²) in [5.74, 6) is 3.75. The molecular weight excluding hydrogens is 516 g/mol. The number of pyridine rings is 1. The van der Waals surface area contributed by atoms with Gasteiger partial charge in [0.2, 0.25) is 0 Å². The predicted octanol–water partition coefficient (Wildman–Crippen LogP) is 6.45. The molecule has 208 valence electrons. The second kappa shape index (κ2) is 13.3. The number of fused-ring (bicyclic) bond motifs is 1. The van der Waals surface area contributed by atoms with Crippen LogP contribution < -0.4 is 24.3 Å². The summed E-state index contributed by atoms with van der Waals surface area (Å²) in [7, 11) is 4.86. The normalized spacial score (nSPS) is 11.0. The van der Waals surface area contributed by atoms with Crippen LogP contribution in [0.5, 0.6) is 23.0 Å². The van der Waals surface area contributed by atoms with Gasteiger partial charge in [-0.15, -0.1) is 0 Å². The number of nitrogens with zero attached hydrogens (tertiary/aromatic N) is 3. The molecule has 0 amide bonds. The number of methoxy groups -OCH3 is 3. The molecule has 2 heterocycles. The van der Waals surface area contributed by atoms with E-state index in [4.69, 9.17) is 28.9 Å². The molecule has 2 aromatic heterocycles. The van der Waals surface area contributed by atoms with Gasteiger partial charge >= 0.3 is 0 Å². The van der Waals surface area contributed by atoms with Crippen LogP contribution >= 0.6 is 0 Å². The number of rotatable bonds is 12. The Bertz CT molecular complexity index is 1630. The lowest BCUT2D eigenvalue weighted by Crippen LogP contribution is -2.08. The Morgan fingerprint density at radius 3 is 2.27 bits per heavy atom. The summed E-state index contributed by atoms with van der Waals surface area (Å²) in [4.78, 5) is 13.7. The molecule has 0 saturated heterocycles. The van der Waals surface area contributed by atoms with Gasteiger partial charge in [0, 0.05) is 36.0 Å². The maximum Gasteiger partial charge on any atom is 0.167 e. The SMILES string of the molecule is COc1cc2nc(/C=C/c3cccc(OCc4ccccc4)c3OC)nc(NCCc3ccncc3)c2cc1OC. The van der Waals surface area contributed by atoms with E-state index in [1.54, 1.807) is 33.7 Å². The van der Waals surface area contributed by atoms with Crippen LogP contribution in [0.3, 0.4) is 0 Å². The molecule has 8 heteroatoms. The highest BCUT2D eigenvalue weighted by molar-refractivity contribution is 5.92. The number of anilines is 1. The van der Waals surface area contributed by atoms with Crippen LogP contribution in [0.1, 0.15) is 22.5 Å². The molecule has 0 fully saturated rings. The molecule has 1 N–H and O–H groups in total. The smallest absolute Gasteiger partial charge is 0.167 e. The van der Waals surface area contributed by atoms with E-state index < -0.39 is 0 Å². The molecule has 0 radical (unpaired) electrons. The molecule has 5 aromatic rings. The van der Waals surface area contributed by atoms with Crippen molar-refractivity contribution in [3.05, 3.63) is 108 Å². The Labute approximate surface area is 239 Å². The molecule has 0 unspecified atom stereocenters. The van der Waals surface area contributed by atoms with E-state index in [1.807, 2.05) is 84.9 Å². The lowest BCUT2D eigenvalue weighted by atomic mass is 10.1. The quantitative estimate of drug-likeness (QED) is 0.190. The van der Waals surface area contributed by atoms with Crippen molar-refractivity contribution in [2.24, 2.45) is 0 Å². The molecule has 41 heavy (non-hydrogen) atoms. The summed E-state index contributed by atoms with van der Waals surface area (Å²) in [5, 5.41) is 4.32. The number of hydrogen-bond donors (Lipinski definition) is 1. The monoisotopic (exact) mass is 548 g/mol. The lowest BCUT2D eigenvalue weighted by Gasteiger charge is -2.14. The highest BCUT2D eigenvalue weighted by atomic mass is 16.5. The Kier molecular flexibility index (Phi) is 8.91. The van der Waals surface area contributed by atoms with Crippen LogP contribution in [0, 0.1) is 0 Å². The van der Waals surface area contributed by atoms with Crippen LogP contribution in [-0.2, 0) is 13.0 Å². The van der Waals surface area contributed by atoms with E-state index in [-0.39, 0.29) is 0 Å². The minimum Gasteiger partial charge on any atom is -0.493 e. The van der Waals surface area contributed by atoms with Crippen molar-refractivity contribution in [3.63, 3.8) is 0 Å². The van der Waals surface area contributed by atoms with E-state index in [2.05, 4.69) is 10.3 Å². The molecule has 8 nitrogen and oxygen atoms in total. The lowest BCUT2D eigenvalue weighted by molar-refractivity contribution is 0.284. The van der Waals surface area contributed by atoms with Gasteiger partial charge in [0.05, 0.1) is 26.8 Å². The number of benzene rings is 3. The summed E-state index contributed by atoms with van der Waals surface area (Å²) in [6, 6.07) is 23.6. The minimum absolute atomic E-state index is 0.442. The topological polar surface area (TPSA) is 87.6 Å². The van der Waals surface area contributed by atoms with Crippen molar-refractivity contribution in [1.82, 2.24) is 15.0 Å². The van der Waals surface area contributed by atoms with Gasteiger partial charge in [-0.1, -0.05) is 42.5 Å². The first kappa shape index (κ1) is 27.5. The first-order valence-corrected chi connectivity index (χ1v) is 13.3. The van der Waals surface area contributed by atoms with Gasteiger partial charge < -0.3 is 24.3 Å². The first-order chi connectivity index (χ1) is 20.2. The van der Waals surface area contributed by atoms with Crippen LogP contribution in [-0.4, -0.2) is 42.8 Å². The molecule has 0 aliphatic rings. The van der Waals surface area contributed by atoms with Crippen molar-refractivity contribution < 1.29 is 18.9 Å². The number of nitrogens with one attached hydrogen (secondary N) is 1. The van der Waals surface area contributed by atoms with Gasteiger partial charge in [-0.2, -0.15) is 0 Å². The molecule has 0 aliphatic carbocycles. The third kappa shape index (κ3) is 6.73. The number of aromatic nitrogens is 3. The van der Waals surface area contributed by atoms with Crippen LogP contribution in [0.25, 0.3) is 23.1 Å². The van der Waals surface area contributed by atoms with E-state index in [0.717, 1.165) is 28.5 Å². The molecule has 0 bridgehead atoms. The summed E-state index contributed by atoms with van der Waals surface area (Å²) < 4.78 is 22.9. The number of para-hydroxylation sites is 1. The van der Waals surface area contributed by atoms with Crippen LogP contribution in [0.4, 0.5) is 5.82 Å². The Balaban J connectivity index is 1.44. The van der Waals surface area contributed by atoms with Gasteiger partial charge in [0.1, 0.15) is 12.4 Å². The molecule has 0 aliphatic heterocycles. The van der Waals surface area contributed by atoms with Gasteiger partial charge in [-0.05, 0) is 54.0 Å². The van der Waals surface area contributed by atoms with Crippen LogP contribution in [0.2, 0.25) is 0 Å². The Morgan fingerprint density at radius 2 is 1.51 bits per heavy atom. The van der Waals surface area contributed by atoms with Crippen molar-refractivity contribution >= 4 is 28.9 Å². The van der Waals surface area contributed by atoms with E-state index >= 15 is 0 Å². The summed E-state index contributed by atoms with van der Waals surface area (Å²) in [5.41, 5.74) is 3.85. The van der Waals surface area contributed by atoms with Gasteiger partial charge in [0.15, 0.2) is 28.8 Å². The zero-order valence-electron chi connectivity index (χ0n) is 23.3. The molecule has 5 rings (SSSR count). The third-order valence-corrected chi connectivity index (χ3v) is 6.54. The highest BCUT2D eigenvalue weighted by Gasteiger charge is 2.14. The maximum absolute atomic E-state index is 6.08. The van der Waals surface area contributed by atoms with E-state index in [9.17, 15) is 0 Å². The van der Waals surface area contributed by atoms with Crippen LogP contribution in [0.15, 0.2) is 85.2 Å². The van der Waals surface area contributed by atoms with Gasteiger partial charge in [0.25, 0.3) is 0 Å². The third-order valence-electron chi connectivity index (χ3n) is 6.54. The van der Waals surface area contributed by atoms with E-state index in [0.29, 0.717) is 47.8 Å². The zero-order chi connectivity index (χ0) is 28.4. The molecule has 0 saturated carbocycles. The fourth-order valence-corrected chi connectivity index (χ4v) is 4.45. The second-order valence-corrected chi connectivity index (χ2v) is 9.17. The molecule has 0 atom stereocenters. The standard InChI is InChI=1S/C33H32N4O4/c1-38-29-20-26-27(21-30(29)39-2)36-31(37-33(26)35-19-16-23-14-17-34-18-15-23)13-12-25-10-7-11-28(32(25)40-3)41-22-24-8-5-4-6-9-24/h4-15,17-18,20-21H,16,19,22H2,1-3H3,(H,35,36,37)/b13-12+. The van der Waals surface area contributed by atoms with Crippen molar-refractivity contribution in [3.8, 4) is 23.0 Å². The van der Waals surface area contributed by atoms with Crippen molar-refractivity contribution in [2.45, 2.75) is 13.0 Å². The van der Waals surface area contributed by atoms with Crippen molar-refractivity contribution in [1.29, 1.82) is 0 Å². The molecule has 3 aromatic carbocycles. The highest BCUT2D eigenvalue weighted by Crippen LogP contribution is 2.35. The van der Waals surface area contributed by atoms with Gasteiger partial charge in [-0.3, -0.25) is 4.98 Å². The minimum atomic E-state index is 0.442. The molecular formula is C33H32N4O4. The Hall–Kier alpha value is -5.11. The number of hydrogen-bond acceptors (Lipinski definition) is 8. The second-order valence-electron chi connectivity index (χ2n) is 9.17. The summed E-state index contributed by atoms with van der Waals surface area (Å²) >= 11 is 0.